The predicted octanol–water partition coefficient (Wildman–Crippen LogP) is 13.3. The number of fused-ring (bicyclic) bond motifs is 9. The molecule has 2 nitrogen and oxygen atoms in total. The van der Waals surface area contributed by atoms with Gasteiger partial charge in [-0.3, -0.25) is 0 Å². The zero-order chi connectivity index (χ0) is 32.8. The largest absolute Gasteiger partial charge is 0.456 e. The molecule has 0 spiro atoms. The van der Waals surface area contributed by atoms with Crippen molar-refractivity contribution in [2.75, 3.05) is 0 Å². The lowest BCUT2D eigenvalue weighted by Crippen LogP contribution is -1.97. The van der Waals surface area contributed by atoms with Crippen LogP contribution in [0.5, 0.6) is 11.5 Å². The average molecular weight is 636 g/mol. The Morgan fingerprint density at radius 2 is 1.02 bits per heavy atom. The van der Waals surface area contributed by atoms with Gasteiger partial charge in [0.1, 0.15) is 11.5 Å². The van der Waals surface area contributed by atoms with Gasteiger partial charge < -0.3 is 9.30 Å². The van der Waals surface area contributed by atoms with Crippen LogP contribution in [0.25, 0.3) is 93.2 Å². The summed E-state index contributed by atoms with van der Waals surface area (Å²) in [5.74, 6) is 1.81. The number of para-hydroxylation sites is 1. The van der Waals surface area contributed by atoms with Crippen LogP contribution in [-0.4, -0.2) is 4.57 Å². The van der Waals surface area contributed by atoms with Gasteiger partial charge >= 0.3 is 0 Å². The Morgan fingerprint density at radius 3 is 1.88 bits per heavy atom. The first-order valence-corrected chi connectivity index (χ1v) is 17.2. The highest BCUT2D eigenvalue weighted by atomic mass is 16.5. The van der Waals surface area contributed by atoms with E-state index in [0.717, 1.165) is 28.3 Å². The van der Waals surface area contributed by atoms with Crippen molar-refractivity contribution >= 4 is 54.1 Å². The molecule has 0 saturated carbocycles. The Kier molecular flexibility index (Phi) is 5.70. The molecular weight excluding hydrogens is 607 g/mol. The van der Waals surface area contributed by atoms with Crippen molar-refractivity contribution in [3.05, 3.63) is 176 Å². The first-order chi connectivity index (χ1) is 24.8. The van der Waals surface area contributed by atoms with Gasteiger partial charge in [-0.15, -0.1) is 0 Å². The van der Waals surface area contributed by atoms with Crippen LogP contribution in [0.2, 0.25) is 0 Å². The Balaban J connectivity index is 1.24. The maximum Gasteiger partial charge on any atom is 0.135 e. The highest BCUT2D eigenvalue weighted by Gasteiger charge is 2.24. The summed E-state index contributed by atoms with van der Waals surface area (Å²) in [5, 5.41) is 9.82. The zero-order valence-electron chi connectivity index (χ0n) is 27.1. The molecule has 1 aromatic heterocycles. The predicted molar refractivity (Wildman–Crippen MR) is 210 cm³/mol. The molecule has 0 N–H and O–H groups in total. The third-order valence-electron chi connectivity index (χ3n) is 10.5. The zero-order valence-corrected chi connectivity index (χ0v) is 27.1. The maximum atomic E-state index is 6.49. The number of ether oxygens (including phenoxy) is 1. The first-order valence-electron chi connectivity index (χ1n) is 17.2. The lowest BCUT2D eigenvalue weighted by molar-refractivity contribution is 0.487. The standard InChI is InChI=1S/C48H29NO/c1-2-16-34(17-3-1)49-47-36-19-6-4-12-30(36)24-26-40(47)46-42(29-32-13-5-7-20-37(32)48(46)49)38-21-9-8-18-35(38)33-25-27-43-41(28-33)39-22-10-14-31-15-11-23-44(50-43)45(31)39/h1-29H. The van der Waals surface area contributed by atoms with Gasteiger partial charge in [-0.1, -0.05) is 140 Å². The molecule has 0 unspecified atom stereocenters. The van der Waals surface area contributed by atoms with Crippen LogP contribution < -0.4 is 4.74 Å². The fourth-order valence-corrected chi connectivity index (χ4v) is 8.39. The minimum Gasteiger partial charge on any atom is -0.456 e. The van der Waals surface area contributed by atoms with Crippen LogP contribution >= 0.6 is 0 Å². The molecule has 0 aliphatic carbocycles. The summed E-state index contributed by atoms with van der Waals surface area (Å²) in [5.41, 5.74) is 10.7. The summed E-state index contributed by atoms with van der Waals surface area (Å²) in [6, 6.07) is 63.8. The summed E-state index contributed by atoms with van der Waals surface area (Å²) in [4.78, 5) is 0. The molecular formula is C48H29NO. The van der Waals surface area contributed by atoms with E-state index in [1.807, 2.05) is 0 Å². The summed E-state index contributed by atoms with van der Waals surface area (Å²) in [7, 11) is 0. The van der Waals surface area contributed by atoms with Crippen LogP contribution in [0, 0.1) is 0 Å². The van der Waals surface area contributed by atoms with Gasteiger partial charge in [0, 0.05) is 38.2 Å². The van der Waals surface area contributed by atoms with Gasteiger partial charge in [-0.2, -0.15) is 0 Å². The second kappa shape index (κ2) is 10.4. The number of hydrogen-bond acceptors (Lipinski definition) is 1. The molecule has 2 heterocycles. The third-order valence-corrected chi connectivity index (χ3v) is 10.5. The van der Waals surface area contributed by atoms with E-state index in [-0.39, 0.29) is 0 Å². The van der Waals surface area contributed by atoms with Crippen LogP contribution in [0.1, 0.15) is 0 Å². The van der Waals surface area contributed by atoms with Crippen molar-refractivity contribution in [3.63, 3.8) is 0 Å². The Labute approximate surface area is 289 Å². The van der Waals surface area contributed by atoms with Crippen molar-refractivity contribution < 1.29 is 4.74 Å². The molecule has 1 aliphatic rings. The quantitative estimate of drug-likeness (QED) is 0.188. The van der Waals surface area contributed by atoms with E-state index in [4.69, 9.17) is 4.74 Å². The normalized spacial score (nSPS) is 12.2. The second-order valence-corrected chi connectivity index (χ2v) is 13.2. The highest BCUT2D eigenvalue weighted by Crippen LogP contribution is 2.50. The number of rotatable bonds is 3. The van der Waals surface area contributed by atoms with Gasteiger partial charge in [0.05, 0.1) is 11.0 Å². The molecule has 11 rings (SSSR count). The summed E-state index contributed by atoms with van der Waals surface area (Å²) in [6.07, 6.45) is 0. The number of hydrogen-bond donors (Lipinski definition) is 0. The van der Waals surface area contributed by atoms with Gasteiger partial charge in [-0.05, 0) is 80.4 Å². The van der Waals surface area contributed by atoms with Crippen molar-refractivity contribution in [3.8, 4) is 50.6 Å². The third kappa shape index (κ3) is 3.85. The summed E-state index contributed by atoms with van der Waals surface area (Å²) >= 11 is 0. The van der Waals surface area contributed by atoms with Crippen LogP contribution in [0.4, 0.5) is 0 Å². The van der Waals surface area contributed by atoms with E-state index in [9.17, 15) is 0 Å². The van der Waals surface area contributed by atoms with Gasteiger partial charge in [0.2, 0.25) is 0 Å². The van der Waals surface area contributed by atoms with Crippen molar-refractivity contribution in [2.45, 2.75) is 0 Å². The molecule has 10 aromatic rings. The molecule has 1 aliphatic heterocycles. The maximum absolute atomic E-state index is 6.49. The second-order valence-electron chi connectivity index (χ2n) is 13.2. The van der Waals surface area contributed by atoms with Crippen LogP contribution in [0.3, 0.4) is 0 Å². The number of benzene rings is 9. The van der Waals surface area contributed by atoms with Crippen molar-refractivity contribution in [2.24, 2.45) is 0 Å². The van der Waals surface area contributed by atoms with E-state index in [0.29, 0.717) is 0 Å². The first kappa shape index (κ1) is 27.3. The van der Waals surface area contributed by atoms with E-state index >= 15 is 0 Å². The Hall–Kier alpha value is -6.64. The molecule has 232 valence electrons. The molecule has 0 bridgehead atoms. The molecule has 0 atom stereocenters. The molecule has 0 amide bonds. The fraction of sp³-hybridized carbons (Fsp3) is 0. The average Bonchev–Trinajstić information content (AvgIpc) is 3.54. The van der Waals surface area contributed by atoms with E-state index in [2.05, 4.69) is 180 Å². The molecule has 0 radical (unpaired) electrons. The van der Waals surface area contributed by atoms with Gasteiger partial charge in [0.25, 0.3) is 0 Å². The minimum absolute atomic E-state index is 0.892. The Morgan fingerprint density at radius 1 is 0.340 bits per heavy atom. The molecule has 2 heteroatoms. The minimum atomic E-state index is 0.892. The summed E-state index contributed by atoms with van der Waals surface area (Å²) < 4.78 is 8.98. The lowest BCUT2D eigenvalue weighted by atomic mass is 9.88. The van der Waals surface area contributed by atoms with Crippen molar-refractivity contribution in [1.82, 2.24) is 4.57 Å². The SMILES string of the molecule is c1ccc(-n2c3c4ccccc4ccc3c3c(-c4ccccc4-c4ccc5c(c4)-c4cccc6cccc(c46)O5)cc4ccccc4c32)cc1. The number of aromatic nitrogens is 1. The van der Waals surface area contributed by atoms with E-state index in [1.54, 1.807) is 0 Å². The smallest absolute Gasteiger partial charge is 0.135 e. The molecule has 0 fully saturated rings. The van der Waals surface area contributed by atoms with E-state index in [1.165, 1.54) is 76.4 Å². The lowest BCUT2D eigenvalue weighted by Gasteiger charge is -2.22. The molecule has 50 heavy (non-hydrogen) atoms. The van der Waals surface area contributed by atoms with Gasteiger partial charge in [0.15, 0.2) is 0 Å². The fourth-order valence-electron chi connectivity index (χ4n) is 8.39. The highest BCUT2D eigenvalue weighted by molar-refractivity contribution is 6.28. The monoisotopic (exact) mass is 635 g/mol. The van der Waals surface area contributed by atoms with Crippen molar-refractivity contribution in [1.29, 1.82) is 0 Å². The van der Waals surface area contributed by atoms with Crippen LogP contribution in [-0.2, 0) is 0 Å². The van der Waals surface area contributed by atoms with E-state index < -0.39 is 0 Å². The molecule has 0 saturated heterocycles. The Bertz CT molecular complexity index is 3000. The van der Waals surface area contributed by atoms with Crippen LogP contribution in [0.15, 0.2) is 176 Å². The number of nitrogens with zero attached hydrogens (tertiary/aromatic N) is 1. The topological polar surface area (TPSA) is 14.2 Å². The summed E-state index contributed by atoms with van der Waals surface area (Å²) in [6.45, 7) is 0. The molecule has 9 aromatic carbocycles. The van der Waals surface area contributed by atoms with Gasteiger partial charge in [-0.25, -0.2) is 0 Å².